The Hall–Kier alpha value is -3.13. The highest BCUT2D eigenvalue weighted by Crippen LogP contribution is 2.23. The lowest BCUT2D eigenvalue weighted by molar-refractivity contribution is 0.185. The van der Waals surface area contributed by atoms with Crippen LogP contribution < -0.4 is 15.0 Å². The van der Waals surface area contributed by atoms with Crippen LogP contribution in [-0.4, -0.2) is 53.1 Å². The molecule has 3 aromatic rings. The van der Waals surface area contributed by atoms with Gasteiger partial charge in [-0.1, -0.05) is 30.3 Å². The van der Waals surface area contributed by atoms with Gasteiger partial charge in [0.1, 0.15) is 11.6 Å². The third kappa shape index (κ3) is 4.71. The van der Waals surface area contributed by atoms with E-state index >= 15 is 0 Å². The lowest BCUT2D eigenvalue weighted by Gasteiger charge is -2.39. The number of ether oxygens (including phenoxy) is 1. The van der Waals surface area contributed by atoms with Crippen LogP contribution in [0.5, 0.6) is 5.75 Å². The maximum Gasteiger partial charge on any atom is 0.322 e. The van der Waals surface area contributed by atoms with E-state index in [1.165, 1.54) is 17.1 Å². The highest BCUT2D eigenvalue weighted by molar-refractivity contribution is 7.09. The zero-order chi connectivity index (χ0) is 20.9. The Morgan fingerprint density at radius 2 is 1.93 bits per heavy atom. The number of carbonyl (C=O) groups excluding carboxylic acids is 1. The molecule has 1 aliphatic rings. The Kier molecular flexibility index (Phi) is 6.13. The zero-order valence-electron chi connectivity index (χ0n) is 17.1. The number of benzene rings is 2. The molecule has 8 heteroatoms. The van der Waals surface area contributed by atoms with Gasteiger partial charge in [-0.05, 0) is 36.8 Å². The van der Waals surface area contributed by atoms with Crippen LogP contribution in [0.1, 0.15) is 18.3 Å². The number of amides is 2. The van der Waals surface area contributed by atoms with E-state index in [2.05, 4.69) is 33.6 Å². The molecule has 2 aromatic carbocycles. The first-order valence-corrected chi connectivity index (χ1v) is 10.7. The summed E-state index contributed by atoms with van der Waals surface area (Å²) in [5.41, 5.74) is 1.96. The first kappa shape index (κ1) is 20.2. The fraction of sp³-hybridized carbons (Fsp3) is 0.318. The second kappa shape index (κ2) is 9.13. The Morgan fingerprint density at radius 3 is 2.63 bits per heavy atom. The molecule has 4 rings (SSSR count). The second-order valence-electron chi connectivity index (χ2n) is 7.30. The summed E-state index contributed by atoms with van der Waals surface area (Å²) in [6.07, 6.45) is 0.733. The van der Waals surface area contributed by atoms with Crippen molar-refractivity contribution in [1.82, 2.24) is 14.3 Å². The van der Waals surface area contributed by atoms with Crippen molar-refractivity contribution in [3.63, 3.8) is 0 Å². The van der Waals surface area contributed by atoms with Crippen molar-refractivity contribution in [2.24, 2.45) is 0 Å². The van der Waals surface area contributed by atoms with Crippen molar-refractivity contribution in [2.45, 2.75) is 19.4 Å². The lowest BCUT2D eigenvalue weighted by Crippen LogP contribution is -2.55. The molecular formula is C22H25N5O2S. The van der Waals surface area contributed by atoms with Crippen molar-refractivity contribution in [1.29, 1.82) is 0 Å². The summed E-state index contributed by atoms with van der Waals surface area (Å²) < 4.78 is 9.68. The summed E-state index contributed by atoms with van der Waals surface area (Å²) in [5.74, 6) is 1.60. The Morgan fingerprint density at radius 1 is 1.17 bits per heavy atom. The van der Waals surface area contributed by atoms with Gasteiger partial charge in [0, 0.05) is 49.3 Å². The molecule has 7 nitrogen and oxygen atoms in total. The molecular weight excluding hydrogens is 398 g/mol. The normalized spacial score (nSPS) is 16.4. The largest absolute Gasteiger partial charge is 0.497 e. The van der Waals surface area contributed by atoms with E-state index in [1.807, 2.05) is 47.4 Å². The van der Waals surface area contributed by atoms with Crippen LogP contribution in [0.4, 0.5) is 15.6 Å². The summed E-state index contributed by atoms with van der Waals surface area (Å²) in [6.45, 7) is 4.17. The van der Waals surface area contributed by atoms with Gasteiger partial charge >= 0.3 is 6.03 Å². The number of hydrogen-bond donors (Lipinski definition) is 1. The number of methoxy groups -OCH3 is 1. The van der Waals surface area contributed by atoms with Crippen molar-refractivity contribution < 1.29 is 9.53 Å². The van der Waals surface area contributed by atoms with Gasteiger partial charge < -0.3 is 19.9 Å². The number of anilines is 2. The fourth-order valence-corrected chi connectivity index (χ4v) is 4.25. The Balaban J connectivity index is 1.34. The van der Waals surface area contributed by atoms with Crippen LogP contribution in [0.3, 0.4) is 0 Å². The minimum absolute atomic E-state index is 0.0680. The van der Waals surface area contributed by atoms with E-state index < -0.39 is 0 Å². The summed E-state index contributed by atoms with van der Waals surface area (Å²) >= 11 is 1.43. The Bertz CT molecular complexity index is 977. The number of piperazine rings is 1. The first-order valence-electron chi connectivity index (χ1n) is 9.95. The summed E-state index contributed by atoms with van der Waals surface area (Å²) in [6, 6.07) is 17.6. The van der Waals surface area contributed by atoms with Crippen LogP contribution in [0.25, 0.3) is 0 Å². The molecule has 0 bridgehead atoms. The van der Waals surface area contributed by atoms with Crippen molar-refractivity contribution in [3.05, 3.63) is 66.0 Å². The van der Waals surface area contributed by atoms with Gasteiger partial charge in [0.2, 0.25) is 5.13 Å². The predicted octanol–water partition coefficient (Wildman–Crippen LogP) is 3.88. The number of carbonyl (C=O) groups is 1. The van der Waals surface area contributed by atoms with Gasteiger partial charge in [-0.25, -0.2) is 9.78 Å². The molecule has 0 spiro atoms. The standard InChI is InChI=1S/C22H25N5O2S/c1-16-15-26(22-24-20(25-30-22)14-17-6-4-3-5-7-17)12-13-27(16)21(28)23-18-8-10-19(29-2)11-9-18/h3-11,16H,12-15H2,1-2H3,(H,23,28). The molecule has 1 aliphatic heterocycles. The minimum atomic E-state index is -0.0886. The van der Waals surface area contributed by atoms with E-state index in [0.29, 0.717) is 6.54 Å². The van der Waals surface area contributed by atoms with E-state index in [-0.39, 0.29) is 12.1 Å². The number of urea groups is 1. The van der Waals surface area contributed by atoms with Gasteiger partial charge in [0.25, 0.3) is 0 Å². The van der Waals surface area contributed by atoms with Crippen molar-refractivity contribution in [3.8, 4) is 5.75 Å². The highest BCUT2D eigenvalue weighted by atomic mass is 32.1. The second-order valence-corrected chi connectivity index (χ2v) is 8.03. The maximum atomic E-state index is 12.7. The summed E-state index contributed by atoms with van der Waals surface area (Å²) in [4.78, 5) is 21.5. The average molecular weight is 424 g/mol. The number of nitrogens with zero attached hydrogens (tertiary/aromatic N) is 4. The zero-order valence-corrected chi connectivity index (χ0v) is 17.9. The molecule has 1 aromatic heterocycles. The summed E-state index contributed by atoms with van der Waals surface area (Å²) in [7, 11) is 1.62. The molecule has 2 heterocycles. The van der Waals surface area contributed by atoms with Crippen LogP contribution in [0, 0.1) is 0 Å². The minimum Gasteiger partial charge on any atom is -0.497 e. The Labute approximate surface area is 180 Å². The van der Waals surface area contributed by atoms with Crippen LogP contribution in [0.15, 0.2) is 54.6 Å². The molecule has 1 saturated heterocycles. The average Bonchev–Trinajstić information content (AvgIpc) is 3.23. The third-order valence-corrected chi connectivity index (χ3v) is 5.98. The lowest BCUT2D eigenvalue weighted by atomic mass is 10.1. The highest BCUT2D eigenvalue weighted by Gasteiger charge is 2.29. The van der Waals surface area contributed by atoms with E-state index in [1.54, 1.807) is 7.11 Å². The number of nitrogens with one attached hydrogen (secondary N) is 1. The molecule has 1 atom stereocenters. The van der Waals surface area contributed by atoms with Gasteiger partial charge in [0.05, 0.1) is 7.11 Å². The van der Waals surface area contributed by atoms with Crippen LogP contribution in [-0.2, 0) is 6.42 Å². The van der Waals surface area contributed by atoms with Gasteiger partial charge in [-0.2, -0.15) is 4.37 Å². The molecule has 1 fully saturated rings. The molecule has 0 saturated carbocycles. The van der Waals surface area contributed by atoms with Crippen molar-refractivity contribution >= 4 is 28.4 Å². The predicted molar refractivity (Wildman–Crippen MR) is 120 cm³/mol. The quantitative estimate of drug-likeness (QED) is 0.674. The smallest absolute Gasteiger partial charge is 0.322 e. The maximum absolute atomic E-state index is 12.7. The fourth-order valence-electron chi connectivity index (χ4n) is 3.53. The molecule has 1 N–H and O–H groups in total. The summed E-state index contributed by atoms with van der Waals surface area (Å²) in [5, 5.41) is 3.89. The molecule has 156 valence electrons. The molecule has 0 aliphatic carbocycles. The molecule has 2 amide bonds. The van der Waals surface area contributed by atoms with Crippen LogP contribution >= 0.6 is 11.5 Å². The molecule has 30 heavy (non-hydrogen) atoms. The van der Waals surface area contributed by atoms with Gasteiger partial charge in [-0.3, -0.25) is 0 Å². The third-order valence-electron chi connectivity index (χ3n) is 5.16. The van der Waals surface area contributed by atoms with Crippen molar-refractivity contribution in [2.75, 3.05) is 37.0 Å². The van der Waals surface area contributed by atoms with E-state index in [9.17, 15) is 4.79 Å². The van der Waals surface area contributed by atoms with Gasteiger partial charge in [-0.15, -0.1) is 0 Å². The topological polar surface area (TPSA) is 70.6 Å². The first-order chi connectivity index (χ1) is 14.6. The number of aromatic nitrogens is 2. The van der Waals surface area contributed by atoms with E-state index in [4.69, 9.17) is 9.72 Å². The van der Waals surface area contributed by atoms with E-state index in [0.717, 1.165) is 41.9 Å². The SMILES string of the molecule is COc1ccc(NC(=O)N2CCN(c3nc(Cc4ccccc4)ns3)CC2C)cc1. The van der Waals surface area contributed by atoms with Crippen LogP contribution in [0.2, 0.25) is 0 Å². The number of rotatable bonds is 5. The monoisotopic (exact) mass is 423 g/mol. The number of hydrogen-bond acceptors (Lipinski definition) is 6. The van der Waals surface area contributed by atoms with Gasteiger partial charge in [0.15, 0.2) is 0 Å². The molecule has 1 unspecified atom stereocenters. The molecule has 0 radical (unpaired) electrons.